The van der Waals surface area contributed by atoms with Crippen molar-refractivity contribution in [2.75, 3.05) is 45.4 Å². The summed E-state index contributed by atoms with van der Waals surface area (Å²) in [7, 11) is 1.34. The molecule has 0 spiro atoms. The molecule has 0 aromatic heterocycles. The Morgan fingerprint density at radius 3 is 2.41 bits per heavy atom. The molecule has 1 aromatic carbocycles. The van der Waals surface area contributed by atoms with E-state index in [4.69, 9.17) is 10.5 Å². The summed E-state index contributed by atoms with van der Waals surface area (Å²) in [5.74, 6) is -0.757. The molecule has 9 nitrogen and oxygen atoms in total. The average Bonchev–Trinajstić information content (AvgIpc) is 2.74. The van der Waals surface area contributed by atoms with Crippen LogP contribution in [-0.2, 0) is 25.5 Å². The van der Waals surface area contributed by atoms with Crippen molar-refractivity contribution in [1.29, 1.82) is 0 Å². The van der Waals surface area contributed by atoms with Gasteiger partial charge in [0.15, 0.2) is 0 Å². The first kappa shape index (κ1) is 24.7. The lowest BCUT2D eigenvalue weighted by molar-refractivity contribution is -0.141. The number of esters is 1. The fourth-order valence-electron chi connectivity index (χ4n) is 2.46. The second-order valence-corrected chi connectivity index (χ2v) is 7.13. The smallest absolute Gasteiger partial charge is 0.326 e. The van der Waals surface area contributed by atoms with E-state index in [1.165, 1.54) is 18.9 Å². The average molecular weight is 428 g/mol. The number of nitrogens with zero attached hydrogens (tertiary/aromatic N) is 1. The van der Waals surface area contributed by atoms with Crippen LogP contribution in [-0.4, -0.2) is 85.5 Å². The van der Waals surface area contributed by atoms with Crippen LogP contribution in [0.3, 0.4) is 0 Å². The molecule has 2 rings (SSSR count). The molecule has 0 bridgehead atoms. The van der Waals surface area contributed by atoms with Gasteiger partial charge in [0.25, 0.3) is 0 Å². The molecule has 1 heterocycles. The van der Waals surface area contributed by atoms with E-state index in [0.29, 0.717) is 32.1 Å². The predicted molar refractivity (Wildman–Crippen MR) is 111 cm³/mol. The number of nitrogens with two attached hydrogens (primary N) is 1. The Hall–Kier alpha value is -2.30. The molecule has 0 saturated carbocycles. The van der Waals surface area contributed by atoms with Gasteiger partial charge in [0.05, 0.1) is 20.3 Å². The van der Waals surface area contributed by atoms with E-state index in [1.54, 1.807) is 4.90 Å². The third kappa shape index (κ3) is 9.64. The third-order valence-corrected chi connectivity index (χ3v) is 4.72. The SMILES string of the molecule is COC(=O)[C@@H](N)CSC.O=C(O)[C@H](Cc1ccccc1)NC(=O)N1CCOCC1. The molecule has 1 aliphatic heterocycles. The molecule has 1 aliphatic rings. The van der Waals surface area contributed by atoms with E-state index in [0.717, 1.165) is 5.56 Å². The van der Waals surface area contributed by atoms with Gasteiger partial charge in [-0.05, 0) is 11.8 Å². The Labute approximate surface area is 174 Å². The second kappa shape index (κ2) is 13.8. The van der Waals surface area contributed by atoms with Gasteiger partial charge in [-0.3, -0.25) is 4.79 Å². The Bertz CT molecular complexity index is 640. The molecule has 2 amide bonds. The maximum atomic E-state index is 12.0. The standard InChI is InChI=1S/C14H18N2O4.C5H11NO2S/c17-13(18)12(10-11-4-2-1-3-5-11)15-14(19)16-6-8-20-9-7-16;1-8-5(7)4(6)3-9-2/h1-5,12H,6-10H2,(H,15,19)(H,17,18);4H,3,6H2,1-2H3/t12-;4-/m00/s1. The van der Waals surface area contributed by atoms with Crippen LogP contribution in [0.2, 0.25) is 0 Å². The van der Waals surface area contributed by atoms with Crippen LogP contribution in [0.5, 0.6) is 0 Å². The molecule has 0 radical (unpaired) electrons. The van der Waals surface area contributed by atoms with Gasteiger partial charge >= 0.3 is 18.0 Å². The Morgan fingerprint density at radius 2 is 1.90 bits per heavy atom. The van der Waals surface area contributed by atoms with Crippen molar-refractivity contribution >= 4 is 29.7 Å². The second-order valence-electron chi connectivity index (χ2n) is 6.21. The van der Waals surface area contributed by atoms with Gasteiger partial charge in [-0.25, -0.2) is 9.59 Å². The van der Waals surface area contributed by atoms with Gasteiger partial charge in [-0.2, -0.15) is 11.8 Å². The van der Waals surface area contributed by atoms with E-state index in [1.807, 2.05) is 36.6 Å². The van der Waals surface area contributed by atoms with E-state index in [2.05, 4.69) is 10.1 Å². The van der Waals surface area contributed by atoms with Crippen LogP contribution in [0.15, 0.2) is 30.3 Å². The lowest BCUT2D eigenvalue weighted by atomic mass is 10.1. The number of carboxylic acid groups (broad SMARTS) is 1. The number of hydrogen-bond donors (Lipinski definition) is 3. The number of carboxylic acids is 1. The number of rotatable bonds is 7. The number of morpholine rings is 1. The van der Waals surface area contributed by atoms with Gasteiger partial charge in [0, 0.05) is 25.3 Å². The highest BCUT2D eigenvalue weighted by Crippen LogP contribution is 2.05. The minimum atomic E-state index is -1.03. The van der Waals surface area contributed by atoms with Crippen molar-refractivity contribution < 1.29 is 29.0 Å². The number of thioether (sulfide) groups is 1. The zero-order chi connectivity index (χ0) is 21.6. The van der Waals surface area contributed by atoms with Crippen LogP contribution in [0, 0.1) is 0 Å². The van der Waals surface area contributed by atoms with Gasteiger partial charge in [0.2, 0.25) is 0 Å². The van der Waals surface area contributed by atoms with Gasteiger partial charge in [-0.1, -0.05) is 30.3 Å². The normalized spacial score (nSPS) is 15.3. The highest BCUT2D eigenvalue weighted by atomic mass is 32.2. The molecule has 4 N–H and O–H groups in total. The van der Waals surface area contributed by atoms with Crippen LogP contribution in [0.4, 0.5) is 4.79 Å². The van der Waals surface area contributed by atoms with Crippen molar-refractivity contribution in [3.8, 4) is 0 Å². The molecular weight excluding hydrogens is 398 g/mol. The summed E-state index contributed by atoms with van der Waals surface area (Å²) in [5, 5.41) is 11.8. The van der Waals surface area contributed by atoms with Crippen LogP contribution < -0.4 is 11.1 Å². The maximum absolute atomic E-state index is 12.0. The Kier molecular flexibility index (Phi) is 11.8. The molecule has 29 heavy (non-hydrogen) atoms. The summed E-state index contributed by atoms with van der Waals surface area (Å²) < 4.78 is 9.55. The summed E-state index contributed by atoms with van der Waals surface area (Å²) >= 11 is 1.53. The molecule has 0 unspecified atom stereocenters. The highest BCUT2D eigenvalue weighted by Gasteiger charge is 2.24. The number of aliphatic carboxylic acids is 1. The molecule has 1 saturated heterocycles. The largest absolute Gasteiger partial charge is 0.480 e. The Morgan fingerprint density at radius 1 is 1.28 bits per heavy atom. The van der Waals surface area contributed by atoms with E-state index < -0.39 is 18.1 Å². The lowest BCUT2D eigenvalue weighted by Crippen LogP contribution is -2.51. The molecule has 0 aliphatic carbocycles. The van der Waals surface area contributed by atoms with Crippen LogP contribution in [0.1, 0.15) is 5.56 Å². The minimum Gasteiger partial charge on any atom is -0.480 e. The number of urea groups is 1. The predicted octanol–water partition coefficient (Wildman–Crippen LogP) is 0.574. The number of amides is 2. The van der Waals surface area contributed by atoms with Gasteiger partial charge < -0.3 is 30.5 Å². The van der Waals surface area contributed by atoms with Gasteiger partial charge in [-0.15, -0.1) is 0 Å². The van der Waals surface area contributed by atoms with Crippen molar-refractivity contribution in [3.05, 3.63) is 35.9 Å². The summed E-state index contributed by atoms with van der Waals surface area (Å²) in [5.41, 5.74) is 6.22. The van der Waals surface area contributed by atoms with Crippen molar-refractivity contribution in [3.63, 3.8) is 0 Å². The van der Waals surface area contributed by atoms with Crippen molar-refractivity contribution in [2.45, 2.75) is 18.5 Å². The van der Waals surface area contributed by atoms with E-state index in [9.17, 15) is 19.5 Å². The Balaban J connectivity index is 0.000000396. The number of ether oxygens (including phenoxy) is 2. The minimum absolute atomic E-state index is 0.270. The van der Waals surface area contributed by atoms with Gasteiger partial charge in [0.1, 0.15) is 12.1 Å². The molecule has 1 fully saturated rings. The summed E-state index contributed by atoms with van der Waals surface area (Å²) in [6.07, 6.45) is 2.16. The number of hydrogen-bond acceptors (Lipinski definition) is 7. The molecular formula is C19H29N3O6S. The topological polar surface area (TPSA) is 131 Å². The number of benzene rings is 1. The molecule has 1 aromatic rings. The summed E-state index contributed by atoms with van der Waals surface area (Å²) in [4.78, 5) is 35.4. The number of methoxy groups -OCH3 is 1. The van der Waals surface area contributed by atoms with Crippen LogP contribution >= 0.6 is 11.8 Å². The fraction of sp³-hybridized carbons (Fsp3) is 0.526. The number of nitrogens with one attached hydrogen (secondary N) is 1. The quantitative estimate of drug-likeness (QED) is 0.539. The van der Waals surface area contributed by atoms with E-state index >= 15 is 0 Å². The monoisotopic (exact) mass is 427 g/mol. The fourth-order valence-corrected chi connectivity index (χ4v) is 2.95. The van der Waals surface area contributed by atoms with E-state index in [-0.39, 0.29) is 18.4 Å². The van der Waals surface area contributed by atoms with Crippen LogP contribution in [0.25, 0.3) is 0 Å². The first-order valence-corrected chi connectivity index (χ1v) is 10.5. The summed E-state index contributed by atoms with van der Waals surface area (Å²) in [6.45, 7) is 1.96. The maximum Gasteiger partial charge on any atom is 0.326 e. The zero-order valence-electron chi connectivity index (χ0n) is 16.7. The highest BCUT2D eigenvalue weighted by molar-refractivity contribution is 7.98. The molecule has 2 atom stereocenters. The first-order chi connectivity index (χ1) is 13.9. The molecule has 10 heteroatoms. The van der Waals surface area contributed by atoms with Crippen molar-refractivity contribution in [1.82, 2.24) is 10.2 Å². The van der Waals surface area contributed by atoms with Crippen molar-refractivity contribution in [2.24, 2.45) is 5.73 Å². The summed E-state index contributed by atoms with van der Waals surface area (Å²) in [6, 6.07) is 7.50. The zero-order valence-corrected chi connectivity index (χ0v) is 17.5. The third-order valence-electron chi connectivity index (χ3n) is 4.03. The number of carbonyl (C=O) groups excluding carboxylic acids is 2. The lowest BCUT2D eigenvalue weighted by Gasteiger charge is -2.28. The molecule has 162 valence electrons. The first-order valence-electron chi connectivity index (χ1n) is 9.11. The number of carbonyl (C=O) groups is 3.